The summed E-state index contributed by atoms with van der Waals surface area (Å²) in [5.74, 6) is 0.212. The minimum atomic E-state index is -0.325. The van der Waals surface area contributed by atoms with Crippen molar-refractivity contribution < 1.29 is 18.4 Å². The highest BCUT2D eigenvalue weighted by Crippen LogP contribution is 2.26. The van der Waals surface area contributed by atoms with Crippen LogP contribution in [-0.4, -0.2) is 27.4 Å². The first-order chi connectivity index (χ1) is 13.4. The number of carbonyl (C=O) groups excluding carboxylic acids is 2. The predicted molar refractivity (Wildman–Crippen MR) is 103 cm³/mol. The number of carbonyl (C=O) groups is 2. The summed E-state index contributed by atoms with van der Waals surface area (Å²) in [5.41, 5.74) is 1.72. The van der Waals surface area contributed by atoms with E-state index >= 15 is 0 Å². The van der Waals surface area contributed by atoms with Gasteiger partial charge in [0.2, 0.25) is 5.91 Å². The van der Waals surface area contributed by atoms with E-state index < -0.39 is 0 Å². The van der Waals surface area contributed by atoms with Crippen LogP contribution in [0.5, 0.6) is 0 Å². The Kier molecular flexibility index (Phi) is 6.20. The number of aryl methyl sites for hydroxylation is 1. The number of aromatic nitrogens is 2. The highest BCUT2D eigenvalue weighted by Gasteiger charge is 2.18. The van der Waals surface area contributed by atoms with E-state index in [9.17, 15) is 14.0 Å². The minimum absolute atomic E-state index is 0.0789. The standard InChI is InChI=1S/C20H18FN3O3S/c1-12-18(13(2)25)20(24-19(23-12)16-4-3-9-27-16)28-11-17(26)22-10-14-5-7-15(21)8-6-14/h3-9H,10-11H2,1-2H3,(H,22,26). The second-order valence-corrected chi connectivity index (χ2v) is 7.00. The van der Waals surface area contributed by atoms with Crippen molar-refractivity contribution in [1.82, 2.24) is 15.3 Å². The summed E-state index contributed by atoms with van der Waals surface area (Å²) in [5, 5.41) is 3.20. The molecule has 28 heavy (non-hydrogen) atoms. The van der Waals surface area contributed by atoms with Gasteiger partial charge in [0.25, 0.3) is 0 Å². The SMILES string of the molecule is CC(=O)c1c(C)nc(-c2ccco2)nc1SCC(=O)NCc1ccc(F)cc1. The predicted octanol–water partition coefficient (Wildman–Crippen LogP) is 3.80. The number of nitrogens with zero attached hydrogens (tertiary/aromatic N) is 2. The Morgan fingerprint density at radius 1 is 1.18 bits per heavy atom. The van der Waals surface area contributed by atoms with Gasteiger partial charge in [0, 0.05) is 6.54 Å². The number of hydrogen-bond donors (Lipinski definition) is 1. The zero-order valence-corrected chi connectivity index (χ0v) is 16.2. The fourth-order valence-electron chi connectivity index (χ4n) is 2.56. The monoisotopic (exact) mass is 399 g/mol. The maximum atomic E-state index is 12.9. The number of halogens is 1. The Bertz CT molecular complexity index is 989. The van der Waals surface area contributed by atoms with Crippen LogP contribution in [0.4, 0.5) is 4.39 Å². The van der Waals surface area contributed by atoms with Crippen LogP contribution >= 0.6 is 11.8 Å². The van der Waals surface area contributed by atoms with Gasteiger partial charge in [-0.05, 0) is 43.7 Å². The molecule has 0 radical (unpaired) electrons. The molecule has 8 heteroatoms. The number of nitrogens with one attached hydrogen (secondary N) is 1. The summed E-state index contributed by atoms with van der Waals surface area (Å²) in [7, 11) is 0. The van der Waals surface area contributed by atoms with Crippen LogP contribution in [0.15, 0.2) is 52.1 Å². The molecule has 144 valence electrons. The number of thioether (sulfide) groups is 1. The maximum Gasteiger partial charge on any atom is 0.230 e. The molecule has 2 aromatic heterocycles. The zero-order chi connectivity index (χ0) is 20.1. The van der Waals surface area contributed by atoms with Gasteiger partial charge in [-0.1, -0.05) is 23.9 Å². The lowest BCUT2D eigenvalue weighted by Crippen LogP contribution is -2.24. The summed E-state index contributed by atoms with van der Waals surface area (Å²) in [6.07, 6.45) is 1.52. The van der Waals surface area contributed by atoms with Crippen LogP contribution in [-0.2, 0) is 11.3 Å². The van der Waals surface area contributed by atoms with E-state index in [1.54, 1.807) is 31.2 Å². The molecule has 3 aromatic rings. The van der Waals surface area contributed by atoms with Crippen LogP contribution in [0, 0.1) is 12.7 Å². The third-order valence-corrected chi connectivity index (χ3v) is 4.87. The molecule has 0 aliphatic carbocycles. The van der Waals surface area contributed by atoms with Crippen molar-refractivity contribution in [2.24, 2.45) is 0 Å². The molecule has 1 N–H and O–H groups in total. The smallest absolute Gasteiger partial charge is 0.230 e. The maximum absolute atomic E-state index is 12.9. The van der Waals surface area contributed by atoms with Crippen molar-refractivity contribution >= 4 is 23.5 Å². The Morgan fingerprint density at radius 3 is 2.57 bits per heavy atom. The largest absolute Gasteiger partial charge is 0.461 e. The van der Waals surface area contributed by atoms with Gasteiger partial charge < -0.3 is 9.73 Å². The number of furan rings is 1. The highest BCUT2D eigenvalue weighted by atomic mass is 32.2. The lowest BCUT2D eigenvalue weighted by atomic mass is 10.2. The number of benzene rings is 1. The van der Waals surface area contributed by atoms with Gasteiger partial charge in [-0.3, -0.25) is 9.59 Å². The third-order valence-electron chi connectivity index (χ3n) is 3.89. The summed E-state index contributed by atoms with van der Waals surface area (Å²) >= 11 is 1.16. The fourth-order valence-corrected chi connectivity index (χ4v) is 3.52. The van der Waals surface area contributed by atoms with Crippen LogP contribution in [0.2, 0.25) is 0 Å². The second-order valence-electron chi connectivity index (χ2n) is 6.04. The number of Topliss-reactive ketones (excluding diaryl/α,β-unsaturated/α-hetero) is 1. The van der Waals surface area contributed by atoms with E-state index in [0.717, 1.165) is 17.3 Å². The second kappa shape index (κ2) is 8.79. The summed E-state index contributed by atoms with van der Waals surface area (Å²) in [6, 6.07) is 9.36. The zero-order valence-electron chi connectivity index (χ0n) is 15.4. The summed E-state index contributed by atoms with van der Waals surface area (Å²) in [6.45, 7) is 3.46. The Hall–Kier alpha value is -3.00. The van der Waals surface area contributed by atoms with E-state index in [1.165, 1.54) is 25.3 Å². The van der Waals surface area contributed by atoms with Gasteiger partial charge in [-0.25, -0.2) is 14.4 Å². The first kappa shape index (κ1) is 19.8. The van der Waals surface area contributed by atoms with Crippen LogP contribution < -0.4 is 5.32 Å². The molecular formula is C20H18FN3O3S. The Morgan fingerprint density at radius 2 is 1.93 bits per heavy atom. The first-order valence-electron chi connectivity index (χ1n) is 8.51. The van der Waals surface area contributed by atoms with Crippen LogP contribution in [0.25, 0.3) is 11.6 Å². The lowest BCUT2D eigenvalue weighted by molar-refractivity contribution is -0.118. The van der Waals surface area contributed by atoms with Crippen molar-refractivity contribution in [2.75, 3.05) is 5.75 Å². The molecule has 0 atom stereocenters. The van der Waals surface area contributed by atoms with E-state index in [4.69, 9.17) is 4.42 Å². The molecule has 3 rings (SSSR count). The average Bonchev–Trinajstić information content (AvgIpc) is 3.20. The molecule has 1 aromatic carbocycles. The summed E-state index contributed by atoms with van der Waals surface area (Å²) in [4.78, 5) is 33.0. The van der Waals surface area contributed by atoms with E-state index in [0.29, 0.717) is 34.4 Å². The molecule has 0 aliphatic rings. The van der Waals surface area contributed by atoms with E-state index in [2.05, 4.69) is 15.3 Å². The van der Waals surface area contributed by atoms with E-state index in [-0.39, 0.29) is 23.3 Å². The molecule has 0 saturated carbocycles. The molecule has 0 spiro atoms. The number of rotatable bonds is 7. The van der Waals surface area contributed by atoms with Crippen molar-refractivity contribution in [1.29, 1.82) is 0 Å². The van der Waals surface area contributed by atoms with E-state index in [1.807, 2.05) is 0 Å². The molecule has 6 nitrogen and oxygen atoms in total. The molecular weight excluding hydrogens is 381 g/mol. The lowest BCUT2D eigenvalue weighted by Gasteiger charge is -2.10. The fraction of sp³-hybridized carbons (Fsp3) is 0.200. The van der Waals surface area contributed by atoms with Crippen molar-refractivity contribution in [3.63, 3.8) is 0 Å². The molecule has 2 heterocycles. The summed E-state index contributed by atoms with van der Waals surface area (Å²) < 4.78 is 18.3. The normalized spacial score (nSPS) is 10.7. The van der Waals surface area contributed by atoms with Gasteiger partial charge in [0.15, 0.2) is 17.4 Å². The van der Waals surface area contributed by atoms with Crippen LogP contribution in [0.1, 0.15) is 28.5 Å². The average molecular weight is 399 g/mol. The van der Waals surface area contributed by atoms with Gasteiger partial charge >= 0.3 is 0 Å². The number of hydrogen-bond acceptors (Lipinski definition) is 6. The van der Waals surface area contributed by atoms with Crippen molar-refractivity contribution in [3.8, 4) is 11.6 Å². The number of ketones is 1. The minimum Gasteiger partial charge on any atom is -0.461 e. The third kappa shape index (κ3) is 4.83. The Labute approximate surface area is 165 Å². The van der Waals surface area contributed by atoms with Crippen molar-refractivity contribution in [3.05, 3.63) is 65.3 Å². The quantitative estimate of drug-likeness (QED) is 0.370. The van der Waals surface area contributed by atoms with Crippen LogP contribution in [0.3, 0.4) is 0 Å². The molecule has 0 fully saturated rings. The Balaban J connectivity index is 1.70. The van der Waals surface area contributed by atoms with Crippen molar-refractivity contribution in [2.45, 2.75) is 25.4 Å². The first-order valence-corrected chi connectivity index (χ1v) is 9.50. The molecule has 0 saturated heterocycles. The van der Waals surface area contributed by atoms with Gasteiger partial charge in [-0.2, -0.15) is 0 Å². The number of amides is 1. The molecule has 0 bridgehead atoms. The molecule has 1 amide bonds. The van der Waals surface area contributed by atoms with Gasteiger partial charge in [0.1, 0.15) is 10.8 Å². The van der Waals surface area contributed by atoms with Gasteiger partial charge in [0.05, 0.1) is 23.3 Å². The van der Waals surface area contributed by atoms with Gasteiger partial charge in [-0.15, -0.1) is 0 Å². The topological polar surface area (TPSA) is 85.1 Å². The molecule has 0 unspecified atom stereocenters. The highest BCUT2D eigenvalue weighted by molar-refractivity contribution is 8.00. The molecule has 0 aliphatic heterocycles.